The Balaban J connectivity index is 2.29. The van der Waals surface area contributed by atoms with Crippen LogP contribution in [0.4, 0.5) is 4.39 Å². The third-order valence-electron chi connectivity index (χ3n) is 2.77. The summed E-state index contributed by atoms with van der Waals surface area (Å²) < 4.78 is 14.6. The highest BCUT2D eigenvalue weighted by molar-refractivity contribution is 5.24. The van der Waals surface area contributed by atoms with Crippen molar-refractivity contribution in [2.24, 2.45) is 0 Å². The van der Waals surface area contributed by atoms with Crippen LogP contribution in [-0.4, -0.2) is 20.1 Å². The number of halogens is 1. The van der Waals surface area contributed by atoms with Crippen molar-refractivity contribution in [1.29, 1.82) is 0 Å². The van der Waals surface area contributed by atoms with Gasteiger partial charge in [-0.3, -0.25) is 0 Å². The van der Waals surface area contributed by atoms with Crippen LogP contribution in [0.5, 0.6) is 0 Å². The first-order chi connectivity index (χ1) is 9.10. The fourth-order valence-electron chi connectivity index (χ4n) is 1.86. The van der Waals surface area contributed by atoms with Crippen LogP contribution < -0.4 is 0 Å². The predicted molar refractivity (Wildman–Crippen MR) is 70.0 cm³/mol. The predicted octanol–water partition coefficient (Wildman–Crippen LogP) is 2.08. The molecule has 0 bridgehead atoms. The summed E-state index contributed by atoms with van der Waals surface area (Å²) in [4.78, 5) is 0. The number of rotatable bonds is 5. The Morgan fingerprint density at radius 2 is 2.05 bits per heavy atom. The molecule has 2 aromatic rings. The van der Waals surface area contributed by atoms with Crippen molar-refractivity contribution >= 4 is 0 Å². The molecule has 0 saturated carbocycles. The normalized spacial score (nSPS) is 10.7. The average Bonchev–Trinajstić information content (AvgIpc) is 2.74. The highest BCUT2D eigenvalue weighted by Crippen LogP contribution is 2.14. The SMILES string of the molecule is C=C(C)Cn1nnc(CO)c1Cc1ccc(F)cc1. The van der Waals surface area contributed by atoms with Crippen LogP contribution in [0.25, 0.3) is 0 Å². The number of benzene rings is 1. The molecule has 4 nitrogen and oxygen atoms in total. The first-order valence-electron chi connectivity index (χ1n) is 6.01. The Morgan fingerprint density at radius 3 is 2.63 bits per heavy atom. The van der Waals surface area contributed by atoms with Crippen LogP contribution in [-0.2, 0) is 19.6 Å². The summed E-state index contributed by atoms with van der Waals surface area (Å²) in [5, 5.41) is 17.3. The van der Waals surface area contributed by atoms with Crippen LogP contribution >= 0.6 is 0 Å². The smallest absolute Gasteiger partial charge is 0.123 e. The monoisotopic (exact) mass is 261 g/mol. The third kappa shape index (κ3) is 3.26. The summed E-state index contributed by atoms with van der Waals surface area (Å²) in [6.45, 7) is 6.15. The fraction of sp³-hybridized carbons (Fsp3) is 0.286. The molecule has 0 unspecified atom stereocenters. The minimum absolute atomic E-state index is 0.160. The van der Waals surface area contributed by atoms with Gasteiger partial charge in [-0.05, 0) is 24.6 Å². The molecule has 5 heteroatoms. The Hall–Kier alpha value is -2.01. The van der Waals surface area contributed by atoms with Crippen LogP contribution in [0.15, 0.2) is 36.4 Å². The molecule has 1 heterocycles. The van der Waals surface area contributed by atoms with Gasteiger partial charge >= 0.3 is 0 Å². The Morgan fingerprint density at radius 1 is 1.37 bits per heavy atom. The van der Waals surface area contributed by atoms with Gasteiger partial charge in [-0.15, -0.1) is 5.10 Å². The third-order valence-corrected chi connectivity index (χ3v) is 2.77. The molecule has 1 aromatic carbocycles. The Labute approximate surface area is 111 Å². The van der Waals surface area contributed by atoms with E-state index >= 15 is 0 Å². The van der Waals surface area contributed by atoms with Crippen LogP contribution in [0, 0.1) is 5.82 Å². The summed E-state index contributed by atoms with van der Waals surface area (Å²) in [5.41, 5.74) is 3.28. The van der Waals surface area contributed by atoms with Gasteiger partial charge in [-0.1, -0.05) is 29.5 Å². The quantitative estimate of drug-likeness (QED) is 0.838. The van der Waals surface area contributed by atoms with Crippen molar-refractivity contribution in [2.75, 3.05) is 0 Å². The lowest BCUT2D eigenvalue weighted by molar-refractivity contribution is 0.275. The average molecular weight is 261 g/mol. The second-order valence-electron chi connectivity index (χ2n) is 4.56. The van der Waals surface area contributed by atoms with Gasteiger partial charge in [0.15, 0.2) is 0 Å². The molecule has 100 valence electrons. The Bertz CT molecular complexity index is 575. The summed E-state index contributed by atoms with van der Waals surface area (Å²) in [6.07, 6.45) is 0.552. The molecule has 1 aromatic heterocycles. The van der Waals surface area contributed by atoms with Gasteiger partial charge < -0.3 is 5.11 Å². The molecule has 0 fully saturated rings. The van der Waals surface area contributed by atoms with E-state index in [1.807, 2.05) is 6.92 Å². The van der Waals surface area contributed by atoms with E-state index in [1.165, 1.54) is 12.1 Å². The standard InChI is InChI=1S/C14H16FN3O/c1-10(2)8-18-14(13(9-19)16-17-18)7-11-3-5-12(15)6-4-11/h3-6,19H,1,7-9H2,2H3. The molecule has 0 aliphatic carbocycles. The number of hydrogen-bond acceptors (Lipinski definition) is 3. The lowest BCUT2D eigenvalue weighted by Gasteiger charge is -2.07. The van der Waals surface area contributed by atoms with Crippen molar-refractivity contribution < 1.29 is 9.50 Å². The van der Waals surface area contributed by atoms with Gasteiger partial charge in [0.2, 0.25) is 0 Å². The molecular formula is C14H16FN3O. The van der Waals surface area contributed by atoms with Gasteiger partial charge in [0, 0.05) is 6.42 Å². The molecule has 0 radical (unpaired) electrons. The molecule has 2 rings (SSSR count). The lowest BCUT2D eigenvalue weighted by atomic mass is 10.1. The van der Waals surface area contributed by atoms with Gasteiger partial charge in [-0.25, -0.2) is 9.07 Å². The van der Waals surface area contributed by atoms with Gasteiger partial charge in [0.05, 0.1) is 18.8 Å². The zero-order valence-corrected chi connectivity index (χ0v) is 10.8. The highest BCUT2D eigenvalue weighted by atomic mass is 19.1. The molecule has 19 heavy (non-hydrogen) atoms. The summed E-state index contributed by atoms with van der Waals surface area (Å²) in [6, 6.07) is 6.27. The summed E-state index contributed by atoms with van der Waals surface area (Å²) in [5.74, 6) is -0.264. The minimum Gasteiger partial charge on any atom is -0.390 e. The second kappa shape index (κ2) is 5.75. The van der Waals surface area contributed by atoms with E-state index in [0.29, 0.717) is 18.7 Å². The van der Waals surface area contributed by atoms with Crippen LogP contribution in [0.3, 0.4) is 0 Å². The topological polar surface area (TPSA) is 50.9 Å². The Kier molecular flexibility index (Phi) is 4.06. The van der Waals surface area contributed by atoms with E-state index in [0.717, 1.165) is 16.8 Å². The zero-order valence-electron chi connectivity index (χ0n) is 10.8. The number of allylic oxidation sites excluding steroid dienone is 1. The molecule has 0 atom stereocenters. The van der Waals surface area contributed by atoms with E-state index < -0.39 is 0 Å². The second-order valence-corrected chi connectivity index (χ2v) is 4.56. The number of aromatic nitrogens is 3. The van der Waals surface area contributed by atoms with E-state index in [4.69, 9.17) is 0 Å². The number of hydrogen-bond donors (Lipinski definition) is 1. The van der Waals surface area contributed by atoms with E-state index in [9.17, 15) is 9.50 Å². The minimum atomic E-state index is -0.264. The van der Waals surface area contributed by atoms with Gasteiger partial charge in [0.25, 0.3) is 0 Å². The van der Waals surface area contributed by atoms with Crippen molar-refractivity contribution in [3.63, 3.8) is 0 Å². The number of aliphatic hydroxyl groups is 1. The van der Waals surface area contributed by atoms with Crippen molar-refractivity contribution in [2.45, 2.75) is 26.5 Å². The molecule has 0 amide bonds. The molecule has 0 aliphatic rings. The fourth-order valence-corrected chi connectivity index (χ4v) is 1.86. The molecule has 0 aliphatic heterocycles. The number of nitrogens with zero attached hydrogens (tertiary/aromatic N) is 3. The maximum Gasteiger partial charge on any atom is 0.123 e. The molecule has 0 saturated heterocycles. The molecule has 0 spiro atoms. The summed E-state index contributed by atoms with van der Waals surface area (Å²) >= 11 is 0. The molecular weight excluding hydrogens is 245 g/mol. The van der Waals surface area contributed by atoms with Crippen molar-refractivity contribution in [3.05, 3.63) is 59.2 Å². The number of aliphatic hydroxyl groups excluding tert-OH is 1. The largest absolute Gasteiger partial charge is 0.390 e. The van der Waals surface area contributed by atoms with E-state index in [-0.39, 0.29) is 12.4 Å². The first kappa shape index (κ1) is 13.4. The lowest BCUT2D eigenvalue weighted by Crippen LogP contribution is -2.08. The van der Waals surface area contributed by atoms with Gasteiger partial charge in [0.1, 0.15) is 11.5 Å². The van der Waals surface area contributed by atoms with Crippen molar-refractivity contribution in [3.8, 4) is 0 Å². The van der Waals surface area contributed by atoms with E-state index in [1.54, 1.807) is 16.8 Å². The van der Waals surface area contributed by atoms with Crippen molar-refractivity contribution in [1.82, 2.24) is 15.0 Å². The maximum absolute atomic E-state index is 12.9. The zero-order chi connectivity index (χ0) is 13.8. The van der Waals surface area contributed by atoms with Crippen LogP contribution in [0.1, 0.15) is 23.9 Å². The first-order valence-corrected chi connectivity index (χ1v) is 6.01. The highest BCUT2D eigenvalue weighted by Gasteiger charge is 2.12. The maximum atomic E-state index is 12.9. The van der Waals surface area contributed by atoms with E-state index in [2.05, 4.69) is 16.9 Å². The van der Waals surface area contributed by atoms with Crippen LogP contribution in [0.2, 0.25) is 0 Å². The summed E-state index contributed by atoms with van der Waals surface area (Å²) in [7, 11) is 0. The van der Waals surface area contributed by atoms with Gasteiger partial charge in [-0.2, -0.15) is 0 Å². The molecule has 1 N–H and O–H groups in total.